The summed E-state index contributed by atoms with van der Waals surface area (Å²) < 4.78 is 0. The number of hydrogen-bond acceptors (Lipinski definition) is 4. The highest BCUT2D eigenvalue weighted by atomic mass is 16.3. The second-order valence-corrected chi connectivity index (χ2v) is 9.75. The Labute approximate surface area is 222 Å². The zero-order chi connectivity index (χ0) is 26.5. The number of rotatable bonds is 23. The molecule has 0 rings (SSSR count). The van der Waals surface area contributed by atoms with Gasteiger partial charge in [-0.3, -0.25) is 0 Å². The summed E-state index contributed by atoms with van der Waals surface area (Å²) in [7, 11) is 0. The SMILES string of the molecule is C#CC(O)/C=C/CCCCCCCCCC(O)CCCCCCCCCCCC(O)C#CC#CCO. The summed E-state index contributed by atoms with van der Waals surface area (Å²) in [6.07, 6.45) is 30.1. The molecule has 0 aliphatic rings. The predicted octanol–water partition coefficient (Wildman–Crippen LogP) is 6.06. The van der Waals surface area contributed by atoms with Gasteiger partial charge in [-0.1, -0.05) is 114 Å². The van der Waals surface area contributed by atoms with Crippen LogP contribution >= 0.6 is 0 Å². The molecule has 0 fully saturated rings. The van der Waals surface area contributed by atoms with Gasteiger partial charge in [0.05, 0.1) is 6.10 Å². The number of hydrogen-bond donors (Lipinski definition) is 4. The van der Waals surface area contributed by atoms with Crippen molar-refractivity contribution in [3.05, 3.63) is 12.2 Å². The van der Waals surface area contributed by atoms with Gasteiger partial charge in [0.1, 0.15) is 18.8 Å². The molecule has 0 saturated carbocycles. The summed E-state index contributed by atoms with van der Waals surface area (Å²) in [5, 5.41) is 37.7. The average molecular weight is 501 g/mol. The molecular formula is C32H52O4. The quantitative estimate of drug-likeness (QED) is 0.0781. The first-order valence-corrected chi connectivity index (χ1v) is 14.4. The van der Waals surface area contributed by atoms with Crippen LogP contribution in [-0.4, -0.2) is 45.3 Å². The zero-order valence-corrected chi connectivity index (χ0v) is 22.6. The van der Waals surface area contributed by atoms with Crippen LogP contribution in [0.15, 0.2) is 12.2 Å². The van der Waals surface area contributed by atoms with Crippen LogP contribution in [0.4, 0.5) is 0 Å². The first-order chi connectivity index (χ1) is 17.6. The fraction of sp³-hybridized carbons (Fsp3) is 0.750. The van der Waals surface area contributed by atoms with E-state index in [4.69, 9.17) is 11.5 Å². The van der Waals surface area contributed by atoms with E-state index in [1.807, 2.05) is 6.08 Å². The summed E-state index contributed by atoms with van der Waals surface area (Å²) in [4.78, 5) is 0. The number of terminal acetylenes is 1. The van der Waals surface area contributed by atoms with E-state index < -0.39 is 12.2 Å². The van der Waals surface area contributed by atoms with Crippen LogP contribution in [0.2, 0.25) is 0 Å². The molecule has 3 atom stereocenters. The van der Waals surface area contributed by atoms with Crippen molar-refractivity contribution in [1.82, 2.24) is 0 Å². The molecule has 0 radical (unpaired) electrons. The maximum absolute atomic E-state index is 10.2. The van der Waals surface area contributed by atoms with Crippen LogP contribution in [0.3, 0.4) is 0 Å². The first-order valence-electron chi connectivity index (χ1n) is 14.4. The Kier molecular flexibility index (Phi) is 26.5. The van der Waals surface area contributed by atoms with Crippen LogP contribution < -0.4 is 0 Å². The minimum atomic E-state index is -0.744. The summed E-state index contributed by atoms with van der Waals surface area (Å²) >= 11 is 0. The molecule has 0 bridgehead atoms. The van der Waals surface area contributed by atoms with E-state index >= 15 is 0 Å². The molecule has 0 amide bonds. The largest absolute Gasteiger partial charge is 0.393 e. The molecule has 204 valence electrons. The number of aliphatic hydroxyl groups excluding tert-OH is 4. The molecule has 0 saturated heterocycles. The van der Waals surface area contributed by atoms with E-state index in [0.29, 0.717) is 6.42 Å². The van der Waals surface area contributed by atoms with E-state index in [9.17, 15) is 15.3 Å². The van der Waals surface area contributed by atoms with E-state index in [-0.39, 0.29) is 12.7 Å². The van der Waals surface area contributed by atoms with Crippen LogP contribution in [0.5, 0.6) is 0 Å². The van der Waals surface area contributed by atoms with Crippen LogP contribution in [-0.2, 0) is 0 Å². The van der Waals surface area contributed by atoms with Gasteiger partial charge in [0.15, 0.2) is 0 Å². The molecule has 4 heteroatoms. The van der Waals surface area contributed by atoms with Crippen molar-refractivity contribution in [3.8, 4) is 36.0 Å². The van der Waals surface area contributed by atoms with Gasteiger partial charge < -0.3 is 20.4 Å². The third-order valence-electron chi connectivity index (χ3n) is 6.38. The topological polar surface area (TPSA) is 80.9 Å². The third-order valence-corrected chi connectivity index (χ3v) is 6.38. The Bertz CT molecular complexity index is 670. The van der Waals surface area contributed by atoms with Gasteiger partial charge in [-0.25, -0.2) is 0 Å². The van der Waals surface area contributed by atoms with Crippen molar-refractivity contribution < 1.29 is 20.4 Å². The lowest BCUT2D eigenvalue weighted by molar-refractivity contribution is 0.147. The monoisotopic (exact) mass is 500 g/mol. The minimum Gasteiger partial charge on any atom is -0.393 e. The highest BCUT2D eigenvalue weighted by molar-refractivity contribution is 5.27. The van der Waals surface area contributed by atoms with E-state index in [0.717, 1.165) is 51.4 Å². The van der Waals surface area contributed by atoms with Gasteiger partial charge in [0.2, 0.25) is 0 Å². The summed E-state index contributed by atoms with van der Waals surface area (Å²) in [5.74, 6) is 12.5. The van der Waals surface area contributed by atoms with E-state index in [2.05, 4.69) is 29.6 Å². The van der Waals surface area contributed by atoms with Crippen molar-refractivity contribution in [3.63, 3.8) is 0 Å². The second-order valence-electron chi connectivity index (χ2n) is 9.75. The molecule has 0 aliphatic heterocycles. The fourth-order valence-electron chi connectivity index (χ4n) is 4.18. The molecule has 4 nitrogen and oxygen atoms in total. The van der Waals surface area contributed by atoms with Crippen molar-refractivity contribution >= 4 is 0 Å². The molecule has 3 unspecified atom stereocenters. The highest BCUT2D eigenvalue weighted by Crippen LogP contribution is 2.15. The second kappa shape index (κ2) is 27.8. The number of allylic oxidation sites excluding steroid dienone is 1. The average Bonchev–Trinajstić information content (AvgIpc) is 2.88. The highest BCUT2D eigenvalue weighted by Gasteiger charge is 2.04. The van der Waals surface area contributed by atoms with Gasteiger partial charge in [0.25, 0.3) is 0 Å². The van der Waals surface area contributed by atoms with Crippen molar-refractivity contribution in [1.29, 1.82) is 0 Å². The van der Waals surface area contributed by atoms with E-state index in [1.165, 1.54) is 70.6 Å². The van der Waals surface area contributed by atoms with Crippen LogP contribution in [0, 0.1) is 36.0 Å². The smallest absolute Gasteiger partial charge is 0.133 e. The lowest BCUT2D eigenvalue weighted by Crippen LogP contribution is -2.05. The molecule has 0 spiro atoms. The molecule has 0 aliphatic carbocycles. The standard InChI is InChI=1S/C32H52O4/c1-2-30(34)24-18-13-9-5-3-6-10-14-19-25-31(35)26-20-15-11-7-4-8-12-16-21-27-32(36)28-22-17-23-29-33/h1,18,24,30-36H,3-16,19-21,25-27,29H2/b24-18+. The van der Waals surface area contributed by atoms with Gasteiger partial charge in [-0.05, 0) is 56.4 Å². The van der Waals surface area contributed by atoms with Crippen LogP contribution in [0.1, 0.15) is 128 Å². The van der Waals surface area contributed by atoms with Gasteiger partial charge in [0, 0.05) is 0 Å². The summed E-state index contributed by atoms with van der Waals surface area (Å²) in [5.41, 5.74) is 0. The Morgan fingerprint density at radius 2 is 1.08 bits per heavy atom. The molecule has 0 heterocycles. The number of aliphatic hydroxyl groups is 4. The maximum atomic E-state index is 10.2. The Morgan fingerprint density at radius 3 is 1.58 bits per heavy atom. The van der Waals surface area contributed by atoms with Crippen LogP contribution in [0.25, 0.3) is 0 Å². The van der Waals surface area contributed by atoms with Gasteiger partial charge in [-0.2, -0.15) is 0 Å². The van der Waals surface area contributed by atoms with Crippen molar-refractivity contribution in [2.24, 2.45) is 0 Å². The lowest BCUT2D eigenvalue weighted by atomic mass is 10.0. The lowest BCUT2D eigenvalue weighted by Gasteiger charge is -2.10. The molecule has 0 aromatic rings. The van der Waals surface area contributed by atoms with Gasteiger partial charge in [-0.15, -0.1) is 6.42 Å². The first kappa shape index (κ1) is 34.3. The van der Waals surface area contributed by atoms with Crippen molar-refractivity contribution in [2.75, 3.05) is 6.61 Å². The minimum absolute atomic E-state index is 0.128. The molecule has 36 heavy (non-hydrogen) atoms. The Balaban J connectivity index is 3.32. The Morgan fingerprint density at radius 1 is 0.611 bits per heavy atom. The predicted molar refractivity (Wildman–Crippen MR) is 151 cm³/mol. The molecule has 0 aromatic heterocycles. The number of unbranched alkanes of at least 4 members (excludes halogenated alkanes) is 15. The third kappa shape index (κ3) is 26.9. The zero-order valence-electron chi connectivity index (χ0n) is 22.6. The van der Waals surface area contributed by atoms with E-state index in [1.54, 1.807) is 6.08 Å². The normalized spacial score (nSPS) is 13.3. The molecule has 0 aromatic carbocycles. The van der Waals surface area contributed by atoms with Crippen molar-refractivity contribution in [2.45, 2.75) is 147 Å². The summed E-state index contributed by atoms with van der Waals surface area (Å²) in [6.45, 7) is -0.197. The molecule has 4 N–H and O–H groups in total. The Hall–Kier alpha value is -1.74. The fourth-order valence-corrected chi connectivity index (χ4v) is 4.18. The molecular weight excluding hydrogens is 448 g/mol. The van der Waals surface area contributed by atoms with Gasteiger partial charge >= 0.3 is 0 Å². The maximum Gasteiger partial charge on any atom is 0.133 e. The summed E-state index contributed by atoms with van der Waals surface area (Å²) in [6, 6.07) is 0.